The Morgan fingerprint density at radius 3 is 2.82 bits per heavy atom. The molecule has 9 heteroatoms. The van der Waals surface area contributed by atoms with Crippen LogP contribution < -0.4 is 10.9 Å². The topological polar surface area (TPSA) is 114 Å². The summed E-state index contributed by atoms with van der Waals surface area (Å²) in [7, 11) is 0. The Balaban J connectivity index is 1.68. The molecule has 0 saturated heterocycles. The number of amides is 1. The van der Waals surface area contributed by atoms with E-state index in [1.807, 2.05) is 12.1 Å². The van der Waals surface area contributed by atoms with Crippen LogP contribution in [0.4, 0.5) is 5.69 Å². The van der Waals surface area contributed by atoms with Crippen molar-refractivity contribution >= 4 is 17.2 Å². The van der Waals surface area contributed by atoms with Crippen molar-refractivity contribution in [2.75, 3.05) is 11.9 Å². The van der Waals surface area contributed by atoms with Gasteiger partial charge in [-0.25, -0.2) is 9.50 Å². The summed E-state index contributed by atoms with van der Waals surface area (Å²) < 4.78 is 2.91. The molecule has 0 aliphatic heterocycles. The second-order valence-electron chi connectivity index (χ2n) is 5.99. The number of aromatic nitrogens is 5. The Morgan fingerprint density at radius 1 is 1.14 bits per heavy atom. The Labute approximate surface area is 158 Å². The fourth-order valence-corrected chi connectivity index (χ4v) is 2.87. The SMILES string of the molecule is O=C(Nc1ccc(=O)n(CCO)c1)c1cnn2c(-c3cccnc3)ccnc12. The molecular weight excluding hydrogens is 360 g/mol. The van der Waals surface area contributed by atoms with Crippen LogP contribution in [0, 0.1) is 0 Å². The fraction of sp³-hybridized carbons (Fsp3) is 0.105. The van der Waals surface area contributed by atoms with Gasteiger partial charge in [0.2, 0.25) is 0 Å². The fourth-order valence-electron chi connectivity index (χ4n) is 2.87. The zero-order valence-electron chi connectivity index (χ0n) is 14.7. The highest BCUT2D eigenvalue weighted by atomic mass is 16.3. The molecule has 0 bridgehead atoms. The van der Waals surface area contributed by atoms with Crippen molar-refractivity contribution in [1.82, 2.24) is 24.1 Å². The molecule has 0 aromatic carbocycles. The molecule has 9 nitrogen and oxygen atoms in total. The van der Waals surface area contributed by atoms with E-state index in [1.54, 1.807) is 29.2 Å². The van der Waals surface area contributed by atoms with Crippen LogP contribution in [0.15, 0.2) is 66.1 Å². The lowest BCUT2D eigenvalue weighted by Gasteiger charge is -2.08. The number of nitrogens with zero attached hydrogens (tertiary/aromatic N) is 5. The van der Waals surface area contributed by atoms with Crippen molar-refractivity contribution in [3.63, 3.8) is 0 Å². The summed E-state index contributed by atoms with van der Waals surface area (Å²) in [5.74, 6) is -0.403. The number of rotatable bonds is 5. The number of aliphatic hydroxyl groups is 1. The van der Waals surface area contributed by atoms with Crippen molar-refractivity contribution in [2.24, 2.45) is 0 Å². The summed E-state index contributed by atoms with van der Waals surface area (Å²) in [5, 5.41) is 16.1. The van der Waals surface area contributed by atoms with Gasteiger partial charge in [-0.1, -0.05) is 0 Å². The van der Waals surface area contributed by atoms with E-state index in [9.17, 15) is 9.59 Å². The van der Waals surface area contributed by atoms with E-state index < -0.39 is 5.91 Å². The molecule has 0 unspecified atom stereocenters. The number of carbonyl (C=O) groups excluding carboxylic acids is 1. The summed E-state index contributed by atoms with van der Waals surface area (Å²) in [6.45, 7) is -0.0261. The van der Waals surface area contributed by atoms with E-state index in [2.05, 4.69) is 20.4 Å². The first-order valence-corrected chi connectivity index (χ1v) is 8.53. The van der Waals surface area contributed by atoms with Gasteiger partial charge in [-0.15, -0.1) is 0 Å². The van der Waals surface area contributed by atoms with Crippen molar-refractivity contribution in [2.45, 2.75) is 6.54 Å². The molecular formula is C19H16N6O3. The van der Waals surface area contributed by atoms with Gasteiger partial charge in [0.05, 0.1) is 24.2 Å². The highest BCUT2D eigenvalue weighted by Crippen LogP contribution is 2.20. The number of fused-ring (bicyclic) bond motifs is 1. The third kappa shape index (κ3) is 3.26. The van der Waals surface area contributed by atoms with Gasteiger partial charge < -0.3 is 15.0 Å². The minimum absolute atomic E-state index is 0.148. The van der Waals surface area contributed by atoms with Crippen LogP contribution in [0.25, 0.3) is 16.9 Å². The zero-order chi connectivity index (χ0) is 19.5. The van der Waals surface area contributed by atoms with E-state index >= 15 is 0 Å². The first kappa shape index (κ1) is 17.6. The summed E-state index contributed by atoms with van der Waals surface area (Å²) in [4.78, 5) is 32.9. The molecule has 4 rings (SSSR count). The number of hydrogen-bond acceptors (Lipinski definition) is 6. The first-order valence-electron chi connectivity index (χ1n) is 8.53. The first-order chi connectivity index (χ1) is 13.7. The Morgan fingerprint density at radius 2 is 2.04 bits per heavy atom. The van der Waals surface area contributed by atoms with Crippen molar-refractivity contribution in [3.05, 3.63) is 77.2 Å². The maximum Gasteiger partial charge on any atom is 0.261 e. The van der Waals surface area contributed by atoms with Crippen LogP contribution >= 0.6 is 0 Å². The van der Waals surface area contributed by atoms with Crippen molar-refractivity contribution in [3.8, 4) is 11.3 Å². The second-order valence-corrected chi connectivity index (χ2v) is 5.99. The van der Waals surface area contributed by atoms with Crippen LogP contribution in [0.2, 0.25) is 0 Å². The lowest BCUT2D eigenvalue weighted by Crippen LogP contribution is -2.22. The zero-order valence-corrected chi connectivity index (χ0v) is 14.7. The predicted molar refractivity (Wildman–Crippen MR) is 102 cm³/mol. The van der Waals surface area contributed by atoms with Crippen LogP contribution in [-0.2, 0) is 6.54 Å². The Hall–Kier alpha value is -3.85. The van der Waals surface area contributed by atoms with E-state index in [0.29, 0.717) is 16.9 Å². The molecule has 28 heavy (non-hydrogen) atoms. The lowest BCUT2D eigenvalue weighted by molar-refractivity contribution is 0.102. The smallest absolute Gasteiger partial charge is 0.261 e. The lowest BCUT2D eigenvalue weighted by atomic mass is 10.2. The van der Waals surface area contributed by atoms with Gasteiger partial charge in [0, 0.05) is 43.0 Å². The maximum atomic E-state index is 12.7. The second kappa shape index (κ2) is 7.41. The van der Waals surface area contributed by atoms with E-state index in [1.165, 1.54) is 29.1 Å². The van der Waals surface area contributed by atoms with Crippen molar-refractivity contribution < 1.29 is 9.90 Å². The molecule has 140 valence electrons. The van der Waals surface area contributed by atoms with Gasteiger partial charge in [-0.3, -0.25) is 14.6 Å². The maximum absolute atomic E-state index is 12.7. The monoisotopic (exact) mass is 376 g/mol. The molecule has 2 N–H and O–H groups in total. The van der Waals surface area contributed by atoms with E-state index in [4.69, 9.17) is 5.11 Å². The minimum atomic E-state index is -0.403. The third-order valence-electron chi connectivity index (χ3n) is 4.19. The number of pyridine rings is 2. The summed E-state index contributed by atoms with van der Waals surface area (Å²) in [6, 6.07) is 8.35. The van der Waals surface area contributed by atoms with Crippen molar-refractivity contribution in [1.29, 1.82) is 0 Å². The summed E-state index contributed by atoms with van der Waals surface area (Å²) in [5.41, 5.74) is 2.48. The molecule has 4 aromatic rings. The van der Waals surface area contributed by atoms with E-state index in [0.717, 1.165) is 11.3 Å². The average Bonchev–Trinajstić information content (AvgIpc) is 3.16. The van der Waals surface area contributed by atoms with E-state index in [-0.39, 0.29) is 18.7 Å². The molecule has 4 aromatic heterocycles. The molecule has 1 amide bonds. The van der Waals surface area contributed by atoms with Gasteiger partial charge in [0.1, 0.15) is 5.56 Å². The number of carbonyl (C=O) groups is 1. The molecule has 0 fully saturated rings. The Bertz CT molecular complexity index is 1200. The molecule has 0 aliphatic rings. The van der Waals surface area contributed by atoms with Gasteiger partial charge in [0.15, 0.2) is 5.65 Å². The quantitative estimate of drug-likeness (QED) is 0.541. The van der Waals surface area contributed by atoms with Crippen LogP contribution in [0.1, 0.15) is 10.4 Å². The van der Waals surface area contributed by atoms with Crippen LogP contribution in [0.5, 0.6) is 0 Å². The number of hydrogen-bond donors (Lipinski definition) is 2. The number of anilines is 1. The van der Waals surface area contributed by atoms with Gasteiger partial charge >= 0.3 is 0 Å². The normalized spacial score (nSPS) is 10.9. The van der Waals surface area contributed by atoms with Gasteiger partial charge in [0.25, 0.3) is 11.5 Å². The molecule has 0 aliphatic carbocycles. The van der Waals surface area contributed by atoms with Crippen LogP contribution in [0.3, 0.4) is 0 Å². The molecule has 0 atom stereocenters. The molecule has 0 radical (unpaired) electrons. The highest BCUT2D eigenvalue weighted by Gasteiger charge is 2.16. The highest BCUT2D eigenvalue weighted by molar-refractivity contribution is 6.08. The van der Waals surface area contributed by atoms with Gasteiger partial charge in [-0.05, 0) is 24.3 Å². The third-order valence-corrected chi connectivity index (χ3v) is 4.19. The minimum Gasteiger partial charge on any atom is -0.395 e. The average molecular weight is 376 g/mol. The number of nitrogens with one attached hydrogen (secondary N) is 1. The van der Waals surface area contributed by atoms with Gasteiger partial charge in [-0.2, -0.15) is 5.10 Å². The number of aliphatic hydroxyl groups excluding tert-OH is 1. The largest absolute Gasteiger partial charge is 0.395 e. The molecule has 0 spiro atoms. The van der Waals surface area contributed by atoms with Crippen LogP contribution in [-0.4, -0.2) is 41.8 Å². The standard InChI is InChI=1S/C19H16N6O3/c26-9-8-24-12-14(3-4-17(24)27)23-19(28)15-11-22-25-16(5-7-21-18(15)25)13-2-1-6-20-10-13/h1-7,10-12,26H,8-9H2,(H,23,28). The summed E-state index contributed by atoms with van der Waals surface area (Å²) in [6.07, 6.45) is 7.93. The summed E-state index contributed by atoms with van der Waals surface area (Å²) >= 11 is 0. The molecule has 0 saturated carbocycles. The predicted octanol–water partition coefficient (Wildman–Crippen LogP) is 1.20. The Kier molecular flexibility index (Phi) is 4.65. The molecule has 4 heterocycles.